The van der Waals surface area contributed by atoms with Crippen molar-refractivity contribution in [3.05, 3.63) is 65.2 Å². The van der Waals surface area contributed by atoms with Crippen LogP contribution in [-0.2, 0) is 10.0 Å². The summed E-state index contributed by atoms with van der Waals surface area (Å²) >= 11 is 0. The minimum Gasteiger partial charge on any atom is -0.207 e. The van der Waals surface area contributed by atoms with Crippen molar-refractivity contribution in [1.82, 2.24) is 4.72 Å². The summed E-state index contributed by atoms with van der Waals surface area (Å²) in [6.45, 7) is 3.50. The van der Waals surface area contributed by atoms with E-state index in [-0.39, 0.29) is 10.5 Å². The molecule has 0 fully saturated rings. The van der Waals surface area contributed by atoms with Gasteiger partial charge >= 0.3 is 6.18 Å². The molecule has 1 unspecified atom stereocenters. The van der Waals surface area contributed by atoms with Gasteiger partial charge in [0.2, 0.25) is 10.0 Å². The molecule has 23 heavy (non-hydrogen) atoms. The fourth-order valence-corrected chi connectivity index (χ4v) is 3.23. The molecule has 7 heteroatoms. The number of nitrogens with one attached hydrogen (secondary N) is 1. The van der Waals surface area contributed by atoms with Crippen LogP contribution in [0.4, 0.5) is 13.2 Å². The Balaban J connectivity index is 2.38. The molecular formula is C16H16F3NO2S. The predicted octanol–water partition coefficient (Wildman–Crippen LogP) is 3.89. The molecule has 2 rings (SSSR count). The molecule has 0 aliphatic rings. The van der Waals surface area contributed by atoms with Crippen molar-refractivity contribution in [2.75, 3.05) is 0 Å². The molecule has 0 bridgehead atoms. The summed E-state index contributed by atoms with van der Waals surface area (Å²) in [5.74, 6) is 0. The maximum absolute atomic E-state index is 13.3. The lowest BCUT2D eigenvalue weighted by Gasteiger charge is -2.22. The smallest absolute Gasteiger partial charge is 0.207 e. The first-order chi connectivity index (χ1) is 10.6. The molecule has 0 saturated heterocycles. The molecule has 2 aromatic carbocycles. The highest BCUT2D eigenvalue weighted by Crippen LogP contribution is 2.34. The zero-order valence-electron chi connectivity index (χ0n) is 12.6. The Hall–Kier alpha value is -1.86. The molecule has 3 nitrogen and oxygen atoms in total. The average molecular weight is 343 g/mol. The Morgan fingerprint density at radius 3 is 1.74 bits per heavy atom. The van der Waals surface area contributed by atoms with Crippen molar-refractivity contribution >= 4 is 10.0 Å². The molecule has 0 heterocycles. The van der Waals surface area contributed by atoms with Crippen molar-refractivity contribution in [2.45, 2.75) is 31.0 Å². The highest BCUT2D eigenvalue weighted by atomic mass is 32.2. The van der Waals surface area contributed by atoms with Gasteiger partial charge < -0.3 is 0 Å². The first-order valence-corrected chi connectivity index (χ1v) is 8.30. The van der Waals surface area contributed by atoms with E-state index in [0.717, 1.165) is 11.1 Å². The number of halogens is 3. The van der Waals surface area contributed by atoms with Gasteiger partial charge in [-0.15, -0.1) is 0 Å². The van der Waals surface area contributed by atoms with Crippen molar-refractivity contribution in [3.63, 3.8) is 0 Å². The Kier molecular flexibility index (Phi) is 4.81. The molecule has 2 aromatic rings. The molecular weight excluding hydrogens is 327 g/mol. The van der Waals surface area contributed by atoms with Gasteiger partial charge in [-0.1, -0.05) is 47.5 Å². The second-order valence-electron chi connectivity index (χ2n) is 5.32. The number of aryl methyl sites for hydroxylation is 2. The highest BCUT2D eigenvalue weighted by molar-refractivity contribution is 7.89. The van der Waals surface area contributed by atoms with Gasteiger partial charge in [-0.05, 0) is 31.5 Å². The number of benzene rings is 2. The summed E-state index contributed by atoms with van der Waals surface area (Å²) in [4.78, 5) is -0.204. The standard InChI is InChI=1S/C16H16F3NO2S/c1-11-3-7-13(8-4-11)15(16(17,18)19)20-23(21,22)14-9-5-12(2)6-10-14/h3-10,15,20H,1-2H3. The monoisotopic (exact) mass is 343 g/mol. The van der Waals surface area contributed by atoms with E-state index in [2.05, 4.69) is 0 Å². The number of rotatable bonds is 4. The van der Waals surface area contributed by atoms with E-state index in [1.807, 2.05) is 0 Å². The maximum atomic E-state index is 13.3. The van der Waals surface area contributed by atoms with Gasteiger partial charge in [0, 0.05) is 0 Å². The number of hydrogen-bond acceptors (Lipinski definition) is 2. The van der Waals surface area contributed by atoms with E-state index in [4.69, 9.17) is 0 Å². The Morgan fingerprint density at radius 2 is 1.30 bits per heavy atom. The lowest BCUT2D eigenvalue weighted by molar-refractivity contribution is -0.153. The number of alkyl halides is 3. The van der Waals surface area contributed by atoms with Crippen molar-refractivity contribution in [2.24, 2.45) is 0 Å². The Bertz CT molecular complexity index is 766. The van der Waals surface area contributed by atoms with Crippen molar-refractivity contribution < 1.29 is 21.6 Å². The minimum atomic E-state index is -4.74. The largest absolute Gasteiger partial charge is 0.408 e. The normalized spacial score (nSPS) is 13.8. The van der Waals surface area contributed by atoms with Gasteiger partial charge in [0.1, 0.15) is 6.04 Å². The fourth-order valence-electron chi connectivity index (χ4n) is 2.02. The van der Waals surface area contributed by atoms with E-state index in [9.17, 15) is 21.6 Å². The van der Waals surface area contributed by atoms with Crippen molar-refractivity contribution in [1.29, 1.82) is 0 Å². The first-order valence-electron chi connectivity index (χ1n) is 6.82. The molecule has 1 N–H and O–H groups in total. The van der Waals surface area contributed by atoms with Crippen LogP contribution < -0.4 is 4.72 Å². The number of hydrogen-bond donors (Lipinski definition) is 1. The van der Waals surface area contributed by atoms with Crippen LogP contribution in [0.1, 0.15) is 22.7 Å². The average Bonchev–Trinajstić information content (AvgIpc) is 2.45. The van der Waals surface area contributed by atoms with E-state index < -0.39 is 22.2 Å². The predicted molar refractivity (Wildman–Crippen MR) is 81.5 cm³/mol. The van der Waals surface area contributed by atoms with Crippen LogP contribution in [0.5, 0.6) is 0 Å². The maximum Gasteiger partial charge on any atom is 0.408 e. The molecule has 1 atom stereocenters. The molecule has 0 saturated carbocycles. The van der Waals surface area contributed by atoms with E-state index in [1.54, 1.807) is 18.6 Å². The molecule has 0 aliphatic carbocycles. The summed E-state index contributed by atoms with van der Waals surface area (Å²) in [5, 5.41) is 0. The third-order valence-corrected chi connectivity index (χ3v) is 4.78. The summed E-state index contributed by atoms with van der Waals surface area (Å²) in [7, 11) is -4.29. The molecule has 0 radical (unpaired) electrons. The lowest BCUT2D eigenvalue weighted by atomic mass is 10.1. The Morgan fingerprint density at radius 1 is 0.870 bits per heavy atom. The fraction of sp³-hybridized carbons (Fsp3) is 0.250. The molecule has 0 aromatic heterocycles. The van der Waals surface area contributed by atoms with E-state index in [1.165, 1.54) is 48.5 Å². The summed E-state index contributed by atoms with van der Waals surface area (Å²) in [5.41, 5.74) is 1.45. The van der Waals surface area contributed by atoms with E-state index >= 15 is 0 Å². The molecule has 0 spiro atoms. The van der Waals surface area contributed by atoms with Gasteiger partial charge in [-0.2, -0.15) is 17.9 Å². The minimum absolute atomic E-state index is 0.154. The summed E-state index contributed by atoms with van der Waals surface area (Å²) in [6.07, 6.45) is -4.74. The van der Waals surface area contributed by atoms with Gasteiger partial charge in [0.05, 0.1) is 4.90 Å². The summed E-state index contributed by atoms with van der Waals surface area (Å²) < 4.78 is 66.1. The third kappa shape index (κ3) is 4.33. The van der Waals surface area contributed by atoms with Gasteiger partial charge in [0.25, 0.3) is 0 Å². The van der Waals surface area contributed by atoms with Gasteiger partial charge in [-0.25, -0.2) is 8.42 Å². The van der Waals surface area contributed by atoms with Crippen LogP contribution >= 0.6 is 0 Å². The van der Waals surface area contributed by atoms with Gasteiger partial charge in [-0.3, -0.25) is 0 Å². The van der Waals surface area contributed by atoms with E-state index in [0.29, 0.717) is 0 Å². The number of sulfonamides is 1. The topological polar surface area (TPSA) is 46.2 Å². The zero-order valence-corrected chi connectivity index (χ0v) is 13.4. The van der Waals surface area contributed by atoms with Crippen LogP contribution in [0, 0.1) is 13.8 Å². The van der Waals surface area contributed by atoms with Crippen LogP contribution in [0.15, 0.2) is 53.4 Å². The third-order valence-electron chi connectivity index (χ3n) is 3.34. The quantitative estimate of drug-likeness (QED) is 0.916. The van der Waals surface area contributed by atoms with Crippen molar-refractivity contribution in [3.8, 4) is 0 Å². The highest BCUT2D eigenvalue weighted by Gasteiger charge is 2.43. The van der Waals surface area contributed by atoms with Crippen LogP contribution in [-0.4, -0.2) is 14.6 Å². The second kappa shape index (κ2) is 6.33. The second-order valence-corrected chi connectivity index (χ2v) is 7.03. The molecule has 0 aliphatic heterocycles. The molecule has 0 amide bonds. The van der Waals surface area contributed by atoms with Crippen LogP contribution in [0.3, 0.4) is 0 Å². The SMILES string of the molecule is Cc1ccc(C(NS(=O)(=O)c2ccc(C)cc2)C(F)(F)F)cc1. The zero-order chi connectivity index (χ0) is 17.3. The van der Waals surface area contributed by atoms with Gasteiger partial charge in [0.15, 0.2) is 0 Å². The van der Waals surface area contributed by atoms with Crippen LogP contribution in [0.25, 0.3) is 0 Å². The lowest BCUT2D eigenvalue weighted by Crippen LogP contribution is -2.38. The first kappa shape index (κ1) is 17.5. The Labute approximate surface area is 133 Å². The van der Waals surface area contributed by atoms with Crippen LogP contribution in [0.2, 0.25) is 0 Å². The summed E-state index contributed by atoms with van der Waals surface area (Å²) in [6, 6.07) is 8.88. The molecule has 124 valence electrons.